The SMILES string of the molecule is CNS(=O)(=O)Cc1ccc(CNC(=O)c2cc(F)ccc2OC)cc1. The molecule has 25 heavy (non-hydrogen) atoms. The molecule has 0 unspecified atom stereocenters. The molecule has 0 saturated heterocycles. The molecule has 0 bridgehead atoms. The van der Waals surface area contributed by atoms with Gasteiger partial charge in [0.15, 0.2) is 0 Å². The Morgan fingerprint density at radius 1 is 1.12 bits per heavy atom. The highest BCUT2D eigenvalue weighted by Gasteiger charge is 2.13. The molecule has 2 aromatic carbocycles. The summed E-state index contributed by atoms with van der Waals surface area (Å²) < 4.78 is 43.6. The van der Waals surface area contributed by atoms with Crippen molar-refractivity contribution in [1.29, 1.82) is 0 Å². The number of carbonyl (C=O) groups excluding carboxylic acids is 1. The number of hydrogen-bond acceptors (Lipinski definition) is 4. The van der Waals surface area contributed by atoms with Gasteiger partial charge in [-0.15, -0.1) is 0 Å². The normalized spacial score (nSPS) is 11.2. The zero-order chi connectivity index (χ0) is 18.4. The number of benzene rings is 2. The molecule has 0 atom stereocenters. The molecule has 2 N–H and O–H groups in total. The van der Waals surface area contributed by atoms with E-state index in [2.05, 4.69) is 10.0 Å². The third-order valence-electron chi connectivity index (χ3n) is 3.55. The maximum Gasteiger partial charge on any atom is 0.255 e. The van der Waals surface area contributed by atoms with Gasteiger partial charge < -0.3 is 10.1 Å². The van der Waals surface area contributed by atoms with Crippen LogP contribution in [0.15, 0.2) is 42.5 Å². The average molecular weight is 366 g/mol. The third kappa shape index (κ3) is 5.27. The average Bonchev–Trinajstić information content (AvgIpc) is 2.60. The molecule has 0 radical (unpaired) electrons. The first-order valence-corrected chi connectivity index (χ1v) is 9.10. The largest absolute Gasteiger partial charge is 0.496 e. The van der Waals surface area contributed by atoms with Crippen LogP contribution >= 0.6 is 0 Å². The van der Waals surface area contributed by atoms with Gasteiger partial charge in [-0.25, -0.2) is 17.5 Å². The lowest BCUT2D eigenvalue weighted by molar-refractivity contribution is 0.0947. The number of sulfonamides is 1. The summed E-state index contributed by atoms with van der Waals surface area (Å²) in [6.07, 6.45) is 0. The standard InChI is InChI=1S/C17H19FN2O4S/c1-19-25(22,23)11-13-5-3-12(4-6-13)10-20-17(21)15-9-14(18)7-8-16(15)24-2/h3-9,19H,10-11H2,1-2H3,(H,20,21). The number of nitrogens with one attached hydrogen (secondary N) is 2. The summed E-state index contributed by atoms with van der Waals surface area (Å²) in [5.41, 5.74) is 1.53. The molecule has 0 aliphatic heterocycles. The van der Waals surface area contributed by atoms with Gasteiger partial charge in [-0.05, 0) is 36.4 Å². The van der Waals surface area contributed by atoms with Crippen LogP contribution in [-0.4, -0.2) is 28.5 Å². The van der Waals surface area contributed by atoms with Crippen molar-refractivity contribution in [2.24, 2.45) is 0 Å². The van der Waals surface area contributed by atoms with Gasteiger partial charge in [0.2, 0.25) is 10.0 Å². The Morgan fingerprint density at radius 2 is 1.76 bits per heavy atom. The summed E-state index contributed by atoms with van der Waals surface area (Å²) in [6, 6.07) is 10.5. The number of hydrogen-bond donors (Lipinski definition) is 2. The fourth-order valence-electron chi connectivity index (χ4n) is 2.18. The van der Waals surface area contributed by atoms with E-state index in [1.54, 1.807) is 24.3 Å². The highest BCUT2D eigenvalue weighted by molar-refractivity contribution is 7.88. The molecule has 1 amide bonds. The predicted molar refractivity (Wildman–Crippen MR) is 92.2 cm³/mol. The molecule has 6 nitrogen and oxygen atoms in total. The van der Waals surface area contributed by atoms with Crippen LogP contribution in [0, 0.1) is 5.82 Å². The third-order valence-corrected chi connectivity index (χ3v) is 4.89. The zero-order valence-electron chi connectivity index (χ0n) is 13.9. The summed E-state index contributed by atoms with van der Waals surface area (Å²) in [6.45, 7) is 0.220. The Hall–Kier alpha value is -2.45. The minimum Gasteiger partial charge on any atom is -0.496 e. The van der Waals surface area contributed by atoms with Gasteiger partial charge in [-0.2, -0.15) is 0 Å². The van der Waals surface area contributed by atoms with Crippen molar-refractivity contribution in [1.82, 2.24) is 10.0 Å². The first-order chi connectivity index (χ1) is 11.8. The highest BCUT2D eigenvalue weighted by Crippen LogP contribution is 2.19. The maximum absolute atomic E-state index is 13.3. The summed E-state index contributed by atoms with van der Waals surface area (Å²) in [5.74, 6) is -0.817. The molecule has 0 aliphatic rings. The van der Waals surface area contributed by atoms with E-state index in [1.165, 1.54) is 26.3 Å². The fraction of sp³-hybridized carbons (Fsp3) is 0.235. The van der Waals surface area contributed by atoms with Gasteiger partial charge in [0.05, 0.1) is 18.4 Å². The monoisotopic (exact) mass is 366 g/mol. The smallest absolute Gasteiger partial charge is 0.255 e. The van der Waals surface area contributed by atoms with Gasteiger partial charge in [0.1, 0.15) is 11.6 Å². The van der Waals surface area contributed by atoms with Crippen LogP contribution in [0.25, 0.3) is 0 Å². The van der Waals surface area contributed by atoms with Gasteiger partial charge in [0, 0.05) is 6.54 Å². The van der Waals surface area contributed by atoms with Gasteiger partial charge in [-0.1, -0.05) is 24.3 Å². The first-order valence-electron chi connectivity index (χ1n) is 7.45. The van der Waals surface area contributed by atoms with Crippen LogP contribution in [0.5, 0.6) is 5.75 Å². The van der Waals surface area contributed by atoms with Gasteiger partial charge in [-0.3, -0.25) is 4.79 Å². The summed E-state index contributed by atoms with van der Waals surface area (Å²) >= 11 is 0. The Morgan fingerprint density at radius 3 is 2.36 bits per heavy atom. The lowest BCUT2D eigenvalue weighted by Crippen LogP contribution is -2.23. The molecular weight excluding hydrogens is 347 g/mol. The topological polar surface area (TPSA) is 84.5 Å². The molecule has 0 aromatic heterocycles. The molecule has 8 heteroatoms. The van der Waals surface area contributed by atoms with E-state index in [0.29, 0.717) is 5.56 Å². The number of rotatable bonds is 7. The van der Waals surface area contributed by atoms with Crippen molar-refractivity contribution in [3.8, 4) is 5.75 Å². The highest BCUT2D eigenvalue weighted by atomic mass is 32.2. The molecule has 0 saturated carbocycles. The first kappa shape index (κ1) is 18.9. The van der Waals surface area contributed by atoms with Crippen LogP contribution in [-0.2, 0) is 22.3 Å². The van der Waals surface area contributed by atoms with E-state index in [4.69, 9.17) is 4.74 Å². The Bertz CT molecular complexity index is 851. The van der Waals surface area contributed by atoms with Crippen LogP contribution < -0.4 is 14.8 Å². The number of halogens is 1. The summed E-state index contributed by atoms with van der Waals surface area (Å²) in [7, 11) is -0.562. The van der Waals surface area contributed by atoms with Crippen LogP contribution in [0.3, 0.4) is 0 Å². The van der Waals surface area contributed by atoms with Crippen LogP contribution in [0.2, 0.25) is 0 Å². The molecule has 0 spiro atoms. The maximum atomic E-state index is 13.3. The number of ether oxygens (including phenoxy) is 1. The molecule has 2 rings (SSSR count). The van der Waals surface area contributed by atoms with Crippen LogP contribution in [0.1, 0.15) is 21.5 Å². The number of carbonyl (C=O) groups is 1. The molecular formula is C17H19FN2O4S. The number of amides is 1. The van der Waals surface area contributed by atoms with E-state index in [9.17, 15) is 17.6 Å². The second kappa shape index (κ2) is 8.09. The van der Waals surface area contributed by atoms with E-state index in [-0.39, 0.29) is 23.6 Å². The van der Waals surface area contributed by atoms with Crippen molar-refractivity contribution < 1.29 is 22.3 Å². The number of methoxy groups -OCH3 is 1. The van der Waals surface area contributed by atoms with E-state index in [0.717, 1.165) is 11.6 Å². The molecule has 0 fully saturated rings. The Kier molecular flexibility index (Phi) is 6.11. The molecule has 0 heterocycles. The fourth-order valence-corrected chi connectivity index (χ4v) is 2.96. The quantitative estimate of drug-likeness (QED) is 0.783. The van der Waals surface area contributed by atoms with Crippen LogP contribution in [0.4, 0.5) is 4.39 Å². The van der Waals surface area contributed by atoms with Crippen molar-refractivity contribution in [3.63, 3.8) is 0 Å². The van der Waals surface area contributed by atoms with Crippen molar-refractivity contribution in [3.05, 3.63) is 65.0 Å². The minimum absolute atomic E-state index is 0.110. The van der Waals surface area contributed by atoms with E-state index >= 15 is 0 Å². The van der Waals surface area contributed by atoms with Crippen molar-refractivity contribution in [2.45, 2.75) is 12.3 Å². The second-order valence-electron chi connectivity index (χ2n) is 5.31. The predicted octanol–water partition coefficient (Wildman–Crippen LogP) is 1.81. The summed E-state index contributed by atoms with van der Waals surface area (Å²) in [5, 5.41) is 2.68. The Labute approximate surface area is 146 Å². The van der Waals surface area contributed by atoms with E-state index in [1.807, 2.05) is 0 Å². The zero-order valence-corrected chi connectivity index (χ0v) is 14.7. The molecule has 134 valence electrons. The Balaban J connectivity index is 2.02. The molecule has 0 aliphatic carbocycles. The van der Waals surface area contributed by atoms with Crippen molar-refractivity contribution >= 4 is 15.9 Å². The van der Waals surface area contributed by atoms with Crippen molar-refractivity contribution in [2.75, 3.05) is 14.2 Å². The minimum atomic E-state index is -3.33. The second-order valence-corrected chi connectivity index (χ2v) is 7.23. The lowest BCUT2D eigenvalue weighted by atomic mass is 10.1. The van der Waals surface area contributed by atoms with E-state index < -0.39 is 21.7 Å². The lowest BCUT2D eigenvalue weighted by Gasteiger charge is -2.10. The molecule has 2 aromatic rings. The van der Waals surface area contributed by atoms with Gasteiger partial charge >= 0.3 is 0 Å². The summed E-state index contributed by atoms with van der Waals surface area (Å²) in [4.78, 5) is 12.2. The van der Waals surface area contributed by atoms with Gasteiger partial charge in [0.25, 0.3) is 5.91 Å².